The molecule has 0 fully saturated rings. The third-order valence-electron chi connectivity index (χ3n) is 8.65. The fourth-order valence-corrected chi connectivity index (χ4v) is 6.39. The maximum atomic E-state index is 2.46. The molecule has 1 heteroatoms. The summed E-state index contributed by atoms with van der Waals surface area (Å²) in [6, 6.07) is 40.5. The van der Waals surface area contributed by atoms with Crippen LogP contribution in [0, 0.1) is 0 Å². The van der Waals surface area contributed by atoms with E-state index in [1.165, 1.54) is 66.4 Å². The van der Waals surface area contributed by atoms with E-state index in [9.17, 15) is 0 Å². The quantitative estimate of drug-likeness (QED) is 0.206. The van der Waals surface area contributed by atoms with Crippen LogP contribution in [0.5, 0.6) is 0 Å². The second-order valence-corrected chi connectivity index (χ2v) is 14.1. The summed E-state index contributed by atoms with van der Waals surface area (Å²) in [5, 5.41) is 2.69. The van der Waals surface area contributed by atoms with Gasteiger partial charge in [-0.05, 0) is 80.0 Å². The molecule has 0 radical (unpaired) electrons. The smallest absolute Gasteiger partial charge is 0.0547 e. The summed E-state index contributed by atoms with van der Waals surface area (Å²) in [6.45, 7) is 18.7. The molecule has 1 nitrogen and oxygen atoms in total. The monoisotopic (exact) mass is 549 g/mol. The van der Waals surface area contributed by atoms with E-state index in [0.29, 0.717) is 5.92 Å². The summed E-state index contributed by atoms with van der Waals surface area (Å²) < 4.78 is 2.46. The van der Waals surface area contributed by atoms with Crippen molar-refractivity contribution in [2.75, 3.05) is 0 Å². The Kier molecular flexibility index (Phi) is 6.89. The maximum absolute atomic E-state index is 2.46. The fraction of sp³-hybridized carbons (Fsp3) is 0.268. The van der Waals surface area contributed by atoms with Crippen molar-refractivity contribution in [3.8, 4) is 27.9 Å². The van der Waals surface area contributed by atoms with Gasteiger partial charge in [-0.1, -0.05) is 140 Å². The summed E-state index contributed by atoms with van der Waals surface area (Å²) >= 11 is 0. The van der Waals surface area contributed by atoms with Gasteiger partial charge in [0.25, 0.3) is 0 Å². The van der Waals surface area contributed by atoms with Crippen LogP contribution in [-0.4, -0.2) is 4.57 Å². The Morgan fingerprint density at radius 1 is 0.500 bits per heavy atom. The predicted octanol–water partition coefficient (Wildman–Crippen LogP) is 11.8. The highest BCUT2D eigenvalue weighted by molar-refractivity contribution is 6.18. The van der Waals surface area contributed by atoms with Gasteiger partial charge < -0.3 is 4.57 Å². The van der Waals surface area contributed by atoms with Gasteiger partial charge in [-0.2, -0.15) is 0 Å². The average Bonchev–Trinajstić information content (AvgIpc) is 3.31. The van der Waals surface area contributed by atoms with Crippen LogP contribution in [0.4, 0.5) is 0 Å². The van der Waals surface area contributed by atoms with Crippen LogP contribution in [0.15, 0.2) is 109 Å². The molecule has 0 spiro atoms. The summed E-state index contributed by atoms with van der Waals surface area (Å²) in [7, 11) is 0. The SMILES string of the molecule is CC(C)c1c(-c2cc(C(C)(C)C)cc(C(C)(C)C)c2)ccc2c1c1c(-c3ccccc3)cccc1n2-c1ccccc1. The summed E-state index contributed by atoms with van der Waals surface area (Å²) in [4.78, 5) is 0. The molecular weight excluding hydrogens is 506 g/mol. The van der Waals surface area contributed by atoms with Crippen molar-refractivity contribution >= 4 is 21.8 Å². The van der Waals surface area contributed by atoms with E-state index < -0.39 is 0 Å². The molecule has 0 amide bonds. The second-order valence-electron chi connectivity index (χ2n) is 14.1. The molecule has 42 heavy (non-hydrogen) atoms. The standard InChI is InChI=1S/C41H43N/c1-27(2)37-34(29-24-30(40(3,4)5)26-31(25-29)41(6,7)8)22-23-36-39(37)38-33(28-16-11-9-12-17-28)20-15-21-35(38)42(36)32-18-13-10-14-19-32/h9-27H,1-8H3. The third-order valence-corrected chi connectivity index (χ3v) is 8.65. The zero-order chi connectivity index (χ0) is 29.8. The molecule has 0 aliphatic heterocycles. The van der Waals surface area contributed by atoms with E-state index in [1.54, 1.807) is 0 Å². The number of aromatic nitrogens is 1. The van der Waals surface area contributed by atoms with Crippen molar-refractivity contribution in [2.45, 2.75) is 72.1 Å². The van der Waals surface area contributed by atoms with Gasteiger partial charge in [0.05, 0.1) is 11.0 Å². The van der Waals surface area contributed by atoms with Gasteiger partial charge in [-0.25, -0.2) is 0 Å². The van der Waals surface area contributed by atoms with Crippen LogP contribution in [0.1, 0.15) is 78.0 Å². The summed E-state index contributed by atoms with van der Waals surface area (Å²) in [5.74, 6) is 0.332. The second kappa shape index (κ2) is 10.3. The molecule has 212 valence electrons. The fourth-order valence-electron chi connectivity index (χ4n) is 6.39. The Morgan fingerprint density at radius 2 is 1.07 bits per heavy atom. The highest BCUT2D eigenvalue weighted by Crippen LogP contribution is 2.46. The van der Waals surface area contributed by atoms with E-state index in [-0.39, 0.29) is 10.8 Å². The molecule has 0 saturated heterocycles. The topological polar surface area (TPSA) is 4.93 Å². The summed E-state index contributed by atoms with van der Waals surface area (Å²) in [6.07, 6.45) is 0. The first-order chi connectivity index (χ1) is 19.9. The van der Waals surface area contributed by atoms with Crippen LogP contribution in [0.3, 0.4) is 0 Å². The number of rotatable bonds is 4. The molecule has 0 atom stereocenters. The zero-order valence-electron chi connectivity index (χ0n) is 26.4. The Hall–Kier alpha value is -4.10. The van der Waals surface area contributed by atoms with Crippen LogP contribution in [0.2, 0.25) is 0 Å². The lowest BCUT2D eigenvalue weighted by molar-refractivity contribution is 0.569. The predicted molar refractivity (Wildman–Crippen MR) is 183 cm³/mol. The van der Waals surface area contributed by atoms with Crippen LogP contribution in [-0.2, 0) is 10.8 Å². The number of para-hydroxylation sites is 1. The maximum Gasteiger partial charge on any atom is 0.0547 e. The molecule has 0 bridgehead atoms. The van der Waals surface area contributed by atoms with Crippen molar-refractivity contribution in [1.82, 2.24) is 4.57 Å². The van der Waals surface area contributed by atoms with Gasteiger partial charge >= 0.3 is 0 Å². The molecule has 0 unspecified atom stereocenters. The minimum Gasteiger partial charge on any atom is -0.309 e. The molecule has 0 aliphatic carbocycles. The van der Waals surface area contributed by atoms with Gasteiger partial charge in [0, 0.05) is 16.5 Å². The van der Waals surface area contributed by atoms with Crippen molar-refractivity contribution in [3.05, 3.63) is 126 Å². The largest absolute Gasteiger partial charge is 0.309 e. The highest BCUT2D eigenvalue weighted by Gasteiger charge is 2.25. The van der Waals surface area contributed by atoms with E-state index >= 15 is 0 Å². The Bertz CT molecular complexity index is 1860. The lowest BCUT2D eigenvalue weighted by Crippen LogP contribution is -2.16. The molecule has 1 aromatic heterocycles. The van der Waals surface area contributed by atoms with Crippen molar-refractivity contribution in [1.29, 1.82) is 0 Å². The van der Waals surface area contributed by atoms with E-state index in [1.807, 2.05) is 0 Å². The lowest BCUT2D eigenvalue weighted by atomic mass is 9.78. The molecule has 0 aliphatic rings. The van der Waals surface area contributed by atoms with E-state index in [0.717, 1.165) is 0 Å². The number of hydrogen-bond donors (Lipinski definition) is 0. The number of benzene rings is 5. The number of fused-ring (bicyclic) bond motifs is 3. The minimum atomic E-state index is 0.0575. The lowest BCUT2D eigenvalue weighted by Gasteiger charge is -2.27. The first kappa shape index (κ1) is 28.0. The van der Waals surface area contributed by atoms with Crippen molar-refractivity contribution < 1.29 is 0 Å². The molecular formula is C41H43N. The summed E-state index contributed by atoms with van der Waals surface area (Å²) in [5.41, 5.74) is 13.2. The van der Waals surface area contributed by atoms with Gasteiger partial charge in [0.2, 0.25) is 0 Å². The van der Waals surface area contributed by atoms with Gasteiger partial charge in [-0.3, -0.25) is 0 Å². The number of hydrogen-bond acceptors (Lipinski definition) is 0. The average molecular weight is 550 g/mol. The van der Waals surface area contributed by atoms with Crippen LogP contribution >= 0.6 is 0 Å². The third kappa shape index (κ3) is 4.86. The van der Waals surface area contributed by atoms with E-state index in [2.05, 4.69) is 169 Å². The molecule has 5 aromatic carbocycles. The Balaban J connectivity index is 1.79. The Morgan fingerprint density at radius 3 is 1.64 bits per heavy atom. The van der Waals surface area contributed by atoms with Crippen LogP contribution < -0.4 is 0 Å². The molecule has 6 aromatic rings. The normalized spacial score (nSPS) is 12.5. The van der Waals surface area contributed by atoms with Crippen molar-refractivity contribution in [2.24, 2.45) is 0 Å². The minimum absolute atomic E-state index is 0.0575. The molecule has 1 heterocycles. The Labute approximate surface area is 251 Å². The zero-order valence-corrected chi connectivity index (χ0v) is 26.4. The molecule has 0 saturated carbocycles. The van der Waals surface area contributed by atoms with Crippen LogP contribution in [0.25, 0.3) is 49.7 Å². The molecule has 6 rings (SSSR count). The molecule has 0 N–H and O–H groups in total. The van der Waals surface area contributed by atoms with Gasteiger partial charge in [0.1, 0.15) is 0 Å². The first-order valence-electron chi connectivity index (χ1n) is 15.3. The van der Waals surface area contributed by atoms with E-state index in [4.69, 9.17) is 0 Å². The highest BCUT2D eigenvalue weighted by atomic mass is 15.0. The number of nitrogens with zero attached hydrogens (tertiary/aromatic N) is 1. The van der Waals surface area contributed by atoms with Gasteiger partial charge in [0.15, 0.2) is 0 Å². The van der Waals surface area contributed by atoms with Gasteiger partial charge in [-0.15, -0.1) is 0 Å². The first-order valence-corrected chi connectivity index (χ1v) is 15.3. The van der Waals surface area contributed by atoms with Crippen molar-refractivity contribution in [3.63, 3.8) is 0 Å².